The van der Waals surface area contributed by atoms with E-state index in [1.807, 2.05) is 0 Å². The Bertz CT molecular complexity index is 1980. The van der Waals surface area contributed by atoms with Crippen molar-refractivity contribution in [2.24, 2.45) is 0 Å². The van der Waals surface area contributed by atoms with Crippen LogP contribution in [0.1, 0.15) is 48.9 Å². The number of fused-ring (bicyclic) bond motifs is 1. The minimum Gasteiger partial charge on any atom is -0.489 e. The fourth-order valence-corrected chi connectivity index (χ4v) is 7.65. The number of hydrogen-bond donors (Lipinski definition) is 2. The van der Waals surface area contributed by atoms with Crippen molar-refractivity contribution in [2.45, 2.75) is 56.8 Å². The van der Waals surface area contributed by atoms with E-state index >= 15 is 4.39 Å². The number of nitrogens with two attached hydrogens (primary N) is 2. The molecule has 0 radical (unpaired) electrons. The van der Waals surface area contributed by atoms with Crippen molar-refractivity contribution in [1.29, 1.82) is 0 Å². The van der Waals surface area contributed by atoms with E-state index in [-0.39, 0.29) is 59.9 Å². The molecule has 49 heavy (non-hydrogen) atoms. The molecule has 11 nitrogen and oxygen atoms in total. The second kappa shape index (κ2) is 11.6. The van der Waals surface area contributed by atoms with Crippen LogP contribution in [0.4, 0.5) is 43.8 Å². The third-order valence-electron chi connectivity index (χ3n) is 9.46. The molecule has 2 atom stereocenters. The monoisotopic (exact) mass is 709 g/mol. The van der Waals surface area contributed by atoms with Crippen molar-refractivity contribution in [1.82, 2.24) is 29.8 Å². The van der Waals surface area contributed by atoms with Crippen LogP contribution >= 0.6 is 11.6 Å². The summed E-state index contributed by atoms with van der Waals surface area (Å²) in [6.07, 6.45) is -1.51. The first-order valence-electron chi connectivity index (χ1n) is 15.4. The predicted octanol–water partition coefficient (Wildman–Crippen LogP) is 5.98. The highest BCUT2D eigenvalue weighted by Gasteiger charge is 2.57. The fourth-order valence-electron chi connectivity index (χ4n) is 7.33. The van der Waals surface area contributed by atoms with Crippen molar-refractivity contribution in [3.05, 3.63) is 46.1 Å². The van der Waals surface area contributed by atoms with E-state index in [0.29, 0.717) is 24.9 Å². The van der Waals surface area contributed by atoms with Crippen LogP contribution in [0.15, 0.2) is 18.6 Å². The van der Waals surface area contributed by atoms with Gasteiger partial charge in [0.25, 0.3) is 5.92 Å². The number of halogens is 7. The van der Waals surface area contributed by atoms with Crippen molar-refractivity contribution in [2.75, 3.05) is 49.2 Å². The molecule has 4 N–H and O–H groups in total. The summed E-state index contributed by atoms with van der Waals surface area (Å²) < 4.78 is 101. The van der Waals surface area contributed by atoms with Crippen LogP contribution in [0, 0.1) is 12.7 Å². The van der Waals surface area contributed by atoms with E-state index in [4.69, 9.17) is 32.5 Å². The number of rotatable bonds is 6. The van der Waals surface area contributed by atoms with Crippen molar-refractivity contribution < 1.29 is 35.8 Å². The molecule has 0 unspecified atom stereocenters. The molecule has 3 aromatic heterocycles. The van der Waals surface area contributed by atoms with Crippen LogP contribution in [0.5, 0.6) is 11.8 Å². The molecular weight excluding hydrogens is 680 g/mol. The van der Waals surface area contributed by atoms with Gasteiger partial charge >= 0.3 is 12.2 Å². The first kappa shape index (κ1) is 33.1. The Hall–Kier alpha value is -4.38. The molecule has 7 rings (SSSR count). The van der Waals surface area contributed by atoms with Gasteiger partial charge < -0.3 is 25.8 Å². The Balaban J connectivity index is 1.45. The molecule has 260 valence electrons. The van der Waals surface area contributed by atoms with Gasteiger partial charge in [-0.05, 0) is 44.9 Å². The van der Waals surface area contributed by atoms with Crippen molar-refractivity contribution in [3.8, 4) is 23.0 Å². The summed E-state index contributed by atoms with van der Waals surface area (Å²) in [4.78, 5) is 24.3. The molecule has 0 bridgehead atoms. The molecule has 3 aliphatic rings. The number of aryl methyl sites for hydroxylation is 1. The first-order valence-corrected chi connectivity index (χ1v) is 15.8. The van der Waals surface area contributed by atoms with E-state index in [2.05, 4.69) is 24.9 Å². The fraction of sp³-hybridized carbons (Fsp3) is 0.452. The Morgan fingerprint density at radius 1 is 1.16 bits per heavy atom. The summed E-state index contributed by atoms with van der Waals surface area (Å²) in [6.45, 7) is 2.78. The number of alkyl halides is 5. The normalized spacial score (nSPS) is 21.0. The van der Waals surface area contributed by atoms with Gasteiger partial charge in [-0.1, -0.05) is 11.6 Å². The summed E-state index contributed by atoms with van der Waals surface area (Å²) in [5.74, 6) is -4.46. The number of aromatic nitrogens is 5. The van der Waals surface area contributed by atoms with Gasteiger partial charge in [-0.3, -0.25) is 4.90 Å². The van der Waals surface area contributed by atoms with Crippen LogP contribution in [-0.2, 0) is 6.18 Å². The molecule has 0 aliphatic carbocycles. The highest BCUT2D eigenvalue weighted by Crippen LogP contribution is 2.51. The molecular formula is C31H30ClF6N9O2. The lowest BCUT2D eigenvalue weighted by Gasteiger charge is -2.31. The van der Waals surface area contributed by atoms with Crippen molar-refractivity contribution >= 4 is 40.0 Å². The third-order valence-corrected chi connectivity index (χ3v) is 9.82. The maximum Gasteiger partial charge on any atom is 0.418 e. The Kier molecular flexibility index (Phi) is 7.85. The second-order valence-electron chi connectivity index (χ2n) is 12.6. The number of nitrogens with zero attached hydrogens (tertiary/aromatic N) is 7. The van der Waals surface area contributed by atoms with Gasteiger partial charge in [-0.15, -0.1) is 0 Å². The Morgan fingerprint density at radius 2 is 1.94 bits per heavy atom. The van der Waals surface area contributed by atoms with Crippen molar-refractivity contribution in [3.63, 3.8) is 0 Å². The third kappa shape index (κ3) is 5.56. The SMILES string of the molecule is Cc1cc(N)nc(-c2c(Cl)c3c4c(nc(OC[C@@]56CCCN5CC(F)(F)C6)nc4c2F)N([C@H](C)c2cncnc2N)CCO3)c1C(F)(F)F. The van der Waals surface area contributed by atoms with Gasteiger partial charge in [0, 0.05) is 18.2 Å². The highest BCUT2D eigenvalue weighted by molar-refractivity contribution is 6.36. The zero-order valence-electron chi connectivity index (χ0n) is 26.2. The van der Waals surface area contributed by atoms with Crippen LogP contribution in [0.2, 0.25) is 5.02 Å². The summed E-state index contributed by atoms with van der Waals surface area (Å²) in [5, 5.41) is -0.558. The summed E-state index contributed by atoms with van der Waals surface area (Å²) in [6, 6.07) is 0.0324. The molecule has 1 aromatic carbocycles. The number of nitrogen functional groups attached to an aromatic ring is 2. The molecule has 18 heteroatoms. The van der Waals surface area contributed by atoms with E-state index in [0.717, 1.165) is 6.07 Å². The smallest absolute Gasteiger partial charge is 0.418 e. The zero-order chi connectivity index (χ0) is 35.0. The quantitative estimate of drug-likeness (QED) is 0.229. The van der Waals surface area contributed by atoms with Gasteiger partial charge in [-0.25, -0.2) is 28.1 Å². The Morgan fingerprint density at radius 3 is 2.67 bits per heavy atom. The molecule has 6 heterocycles. The maximum absolute atomic E-state index is 17.0. The second-order valence-corrected chi connectivity index (χ2v) is 13.0. The minimum absolute atomic E-state index is 0.0550. The Labute approximate surface area is 280 Å². The van der Waals surface area contributed by atoms with E-state index < -0.39 is 69.8 Å². The van der Waals surface area contributed by atoms with E-state index in [9.17, 15) is 22.0 Å². The molecule has 0 saturated carbocycles. The standard InChI is InChI=1S/C31H30ClF6N9O2/c1-14-8-17(39)43-23(20(14)31(36,37)38)18-21(32)25-19-24(22(18)33)44-28(49-12-29-4-3-5-46(29)11-30(34,35)10-29)45-27(19)47(6-7-48-25)15(2)16-9-41-13-42-26(16)40/h8-9,13,15H,3-7,10-12H2,1-2H3,(H2,39,43)(H2,40,41,42)/t15-,29+/m1/s1. The number of benzene rings is 1. The zero-order valence-corrected chi connectivity index (χ0v) is 27.0. The summed E-state index contributed by atoms with van der Waals surface area (Å²) in [5.41, 5.74) is 7.88. The average Bonchev–Trinajstić information content (AvgIpc) is 3.41. The van der Waals surface area contributed by atoms with Crippen LogP contribution in [-0.4, -0.2) is 74.1 Å². The first-order chi connectivity index (χ1) is 23.1. The predicted molar refractivity (Wildman–Crippen MR) is 168 cm³/mol. The molecule has 0 spiro atoms. The number of hydrogen-bond acceptors (Lipinski definition) is 11. The van der Waals surface area contributed by atoms with Crippen LogP contribution < -0.4 is 25.8 Å². The lowest BCUT2D eigenvalue weighted by atomic mass is 9.94. The lowest BCUT2D eigenvalue weighted by Crippen LogP contribution is -2.43. The van der Waals surface area contributed by atoms with Gasteiger partial charge in [0.1, 0.15) is 42.5 Å². The van der Waals surface area contributed by atoms with Gasteiger partial charge in [0.15, 0.2) is 11.6 Å². The molecule has 0 amide bonds. The molecule has 3 aliphatic heterocycles. The van der Waals surface area contributed by atoms with Crippen LogP contribution in [0.25, 0.3) is 22.2 Å². The maximum atomic E-state index is 17.0. The number of anilines is 3. The minimum atomic E-state index is -4.97. The van der Waals surface area contributed by atoms with Crippen LogP contribution in [0.3, 0.4) is 0 Å². The summed E-state index contributed by atoms with van der Waals surface area (Å²) in [7, 11) is 0. The van der Waals surface area contributed by atoms with Gasteiger partial charge in [0.05, 0.1) is 51.9 Å². The van der Waals surface area contributed by atoms with E-state index in [1.54, 1.807) is 16.7 Å². The molecule has 4 aromatic rings. The average molecular weight is 710 g/mol. The summed E-state index contributed by atoms with van der Waals surface area (Å²) >= 11 is 6.74. The lowest BCUT2D eigenvalue weighted by molar-refractivity contribution is -0.137. The molecule has 2 fully saturated rings. The number of ether oxygens (including phenoxy) is 2. The van der Waals surface area contributed by atoms with Gasteiger partial charge in [-0.2, -0.15) is 23.1 Å². The number of pyridine rings is 1. The molecule has 2 saturated heterocycles. The van der Waals surface area contributed by atoms with Gasteiger partial charge in [0.2, 0.25) is 0 Å². The largest absolute Gasteiger partial charge is 0.489 e. The topological polar surface area (TPSA) is 141 Å². The highest BCUT2D eigenvalue weighted by atomic mass is 35.5. The van der Waals surface area contributed by atoms with E-state index in [1.165, 1.54) is 19.4 Å².